The molecule has 0 saturated carbocycles. The van der Waals surface area contributed by atoms with Gasteiger partial charge in [-0.05, 0) is 36.7 Å². The molecule has 2 amide bonds. The minimum atomic E-state index is 0.0694. The van der Waals surface area contributed by atoms with Crippen molar-refractivity contribution in [3.8, 4) is 0 Å². The van der Waals surface area contributed by atoms with E-state index < -0.39 is 0 Å². The van der Waals surface area contributed by atoms with Gasteiger partial charge in [-0.1, -0.05) is 30.7 Å². The Kier molecular flexibility index (Phi) is 5.41. The van der Waals surface area contributed by atoms with Gasteiger partial charge in [-0.15, -0.1) is 0 Å². The Morgan fingerprint density at radius 1 is 1.21 bits per heavy atom. The van der Waals surface area contributed by atoms with Gasteiger partial charge in [-0.25, -0.2) is 0 Å². The van der Waals surface area contributed by atoms with Crippen LogP contribution >= 0.6 is 11.6 Å². The number of carbonyl (C=O) groups excluding carboxylic acids is 2. The van der Waals surface area contributed by atoms with Gasteiger partial charge in [-0.3, -0.25) is 9.59 Å². The van der Waals surface area contributed by atoms with E-state index in [0.29, 0.717) is 43.5 Å². The lowest BCUT2D eigenvalue weighted by Gasteiger charge is -2.39. The number of benzene rings is 1. The predicted molar refractivity (Wildman–Crippen MR) is 93.8 cm³/mol. The van der Waals surface area contributed by atoms with Gasteiger partial charge in [-0.2, -0.15) is 0 Å². The summed E-state index contributed by atoms with van der Waals surface area (Å²) in [4.78, 5) is 28.7. The Labute approximate surface area is 147 Å². The second-order valence-corrected chi connectivity index (χ2v) is 7.16. The summed E-state index contributed by atoms with van der Waals surface area (Å²) in [5.74, 6) is 0.851. The maximum Gasteiger partial charge on any atom is 0.227 e. The van der Waals surface area contributed by atoms with Crippen molar-refractivity contribution < 1.29 is 9.59 Å². The highest BCUT2D eigenvalue weighted by atomic mass is 35.5. The first-order valence-electron chi connectivity index (χ1n) is 8.56. The van der Waals surface area contributed by atoms with E-state index in [1.807, 2.05) is 34.9 Å². The number of nitrogens with zero attached hydrogens (tertiary/aromatic N) is 2. The highest BCUT2D eigenvalue weighted by Gasteiger charge is 2.33. The lowest BCUT2D eigenvalue weighted by atomic mass is 9.88. The molecule has 0 aliphatic carbocycles. The van der Waals surface area contributed by atoms with Crippen LogP contribution in [0.2, 0.25) is 5.02 Å². The molecule has 1 aromatic rings. The average Bonchev–Trinajstić information content (AvgIpc) is 2.52. The summed E-state index contributed by atoms with van der Waals surface area (Å²) < 4.78 is 0. The van der Waals surface area contributed by atoms with Gasteiger partial charge in [0.2, 0.25) is 11.8 Å². The SMILES string of the molecule is CC(C(=O)N1CCN(C(=O)Cc2cccc(Cl)c2)CC1)C1CNC1. The van der Waals surface area contributed by atoms with E-state index in [4.69, 9.17) is 11.6 Å². The molecule has 3 rings (SSSR count). The Morgan fingerprint density at radius 2 is 1.88 bits per heavy atom. The van der Waals surface area contributed by atoms with Crippen molar-refractivity contribution in [1.29, 1.82) is 0 Å². The van der Waals surface area contributed by atoms with Crippen LogP contribution in [0.15, 0.2) is 24.3 Å². The molecule has 0 bridgehead atoms. The van der Waals surface area contributed by atoms with Crippen molar-refractivity contribution in [3.63, 3.8) is 0 Å². The molecule has 6 heteroatoms. The molecule has 5 nitrogen and oxygen atoms in total. The number of hydrogen-bond acceptors (Lipinski definition) is 3. The first-order valence-corrected chi connectivity index (χ1v) is 8.94. The molecule has 0 spiro atoms. The molecule has 1 atom stereocenters. The molecular weight excluding hydrogens is 326 g/mol. The fraction of sp³-hybridized carbons (Fsp3) is 0.556. The van der Waals surface area contributed by atoms with Crippen LogP contribution in [0.3, 0.4) is 0 Å². The minimum Gasteiger partial charge on any atom is -0.339 e. The van der Waals surface area contributed by atoms with Crippen LogP contribution in [0.1, 0.15) is 12.5 Å². The van der Waals surface area contributed by atoms with Crippen LogP contribution in [0.5, 0.6) is 0 Å². The zero-order valence-corrected chi connectivity index (χ0v) is 14.8. The zero-order chi connectivity index (χ0) is 17.1. The van der Waals surface area contributed by atoms with E-state index in [-0.39, 0.29) is 17.7 Å². The van der Waals surface area contributed by atoms with Gasteiger partial charge >= 0.3 is 0 Å². The number of halogens is 1. The van der Waals surface area contributed by atoms with Crippen molar-refractivity contribution in [3.05, 3.63) is 34.9 Å². The monoisotopic (exact) mass is 349 g/mol. The van der Waals surface area contributed by atoms with Crippen molar-refractivity contribution in [2.45, 2.75) is 13.3 Å². The van der Waals surface area contributed by atoms with Crippen LogP contribution in [0, 0.1) is 11.8 Å². The molecule has 2 aliphatic heterocycles. The minimum absolute atomic E-state index is 0.0694. The van der Waals surface area contributed by atoms with E-state index in [9.17, 15) is 9.59 Å². The maximum absolute atomic E-state index is 12.5. The Hall–Kier alpha value is -1.59. The first kappa shape index (κ1) is 17.2. The van der Waals surface area contributed by atoms with E-state index >= 15 is 0 Å². The topological polar surface area (TPSA) is 52.7 Å². The number of nitrogens with one attached hydrogen (secondary N) is 1. The quantitative estimate of drug-likeness (QED) is 0.894. The van der Waals surface area contributed by atoms with Gasteiger partial charge in [0, 0.05) is 37.1 Å². The first-order chi connectivity index (χ1) is 11.5. The summed E-state index contributed by atoms with van der Waals surface area (Å²) in [7, 11) is 0. The van der Waals surface area contributed by atoms with Crippen molar-refractivity contribution in [2.24, 2.45) is 11.8 Å². The second kappa shape index (κ2) is 7.53. The molecule has 0 aromatic heterocycles. The fourth-order valence-corrected chi connectivity index (χ4v) is 3.48. The lowest BCUT2D eigenvalue weighted by molar-refractivity contribution is -0.143. The zero-order valence-electron chi connectivity index (χ0n) is 14.0. The third-order valence-electron chi connectivity index (χ3n) is 5.10. The molecule has 1 unspecified atom stereocenters. The molecule has 24 heavy (non-hydrogen) atoms. The molecule has 2 heterocycles. The normalized spacial score (nSPS) is 19.8. The molecule has 2 saturated heterocycles. The van der Waals surface area contributed by atoms with Gasteiger partial charge < -0.3 is 15.1 Å². The summed E-state index contributed by atoms with van der Waals surface area (Å²) in [6, 6.07) is 7.41. The van der Waals surface area contributed by atoms with Crippen molar-refractivity contribution >= 4 is 23.4 Å². The highest BCUT2D eigenvalue weighted by molar-refractivity contribution is 6.30. The number of amides is 2. The molecule has 1 N–H and O–H groups in total. The van der Waals surface area contributed by atoms with Gasteiger partial charge in [0.25, 0.3) is 0 Å². The summed E-state index contributed by atoms with van der Waals surface area (Å²) in [5, 5.41) is 3.86. The molecule has 1 aromatic carbocycles. The van der Waals surface area contributed by atoms with Crippen molar-refractivity contribution in [2.75, 3.05) is 39.3 Å². The third-order valence-corrected chi connectivity index (χ3v) is 5.33. The van der Waals surface area contributed by atoms with E-state index in [1.54, 1.807) is 6.07 Å². The molecule has 2 fully saturated rings. The molecular formula is C18H24ClN3O2. The van der Waals surface area contributed by atoms with Gasteiger partial charge in [0.05, 0.1) is 6.42 Å². The molecule has 2 aliphatic rings. The predicted octanol–water partition coefficient (Wildman–Crippen LogP) is 1.41. The van der Waals surface area contributed by atoms with E-state index in [0.717, 1.165) is 18.7 Å². The Balaban J connectivity index is 1.49. The van der Waals surface area contributed by atoms with E-state index in [2.05, 4.69) is 5.32 Å². The van der Waals surface area contributed by atoms with Gasteiger partial charge in [0.1, 0.15) is 0 Å². The maximum atomic E-state index is 12.5. The second-order valence-electron chi connectivity index (χ2n) is 6.72. The lowest BCUT2D eigenvalue weighted by Crippen LogP contribution is -2.55. The number of piperazine rings is 1. The largest absolute Gasteiger partial charge is 0.339 e. The third kappa shape index (κ3) is 3.90. The smallest absolute Gasteiger partial charge is 0.227 e. The highest BCUT2D eigenvalue weighted by Crippen LogP contribution is 2.19. The van der Waals surface area contributed by atoms with Crippen molar-refractivity contribution in [1.82, 2.24) is 15.1 Å². The summed E-state index contributed by atoms with van der Waals surface area (Å²) in [6.45, 7) is 6.37. The number of rotatable bonds is 4. The number of carbonyl (C=O) groups is 2. The van der Waals surface area contributed by atoms with Crippen LogP contribution in [0.25, 0.3) is 0 Å². The summed E-state index contributed by atoms with van der Waals surface area (Å²) in [5.41, 5.74) is 0.928. The summed E-state index contributed by atoms with van der Waals surface area (Å²) in [6.07, 6.45) is 0.360. The molecule has 0 radical (unpaired) electrons. The Morgan fingerprint density at radius 3 is 2.46 bits per heavy atom. The standard InChI is InChI=1S/C18H24ClN3O2/c1-13(15-11-20-12-15)18(24)22-7-5-21(6-8-22)17(23)10-14-3-2-4-16(19)9-14/h2-4,9,13,15,20H,5-8,10-12H2,1H3. The van der Waals surface area contributed by atoms with Crippen LogP contribution in [-0.4, -0.2) is 60.9 Å². The molecule has 130 valence electrons. The van der Waals surface area contributed by atoms with Crippen LogP contribution in [-0.2, 0) is 16.0 Å². The van der Waals surface area contributed by atoms with E-state index in [1.165, 1.54) is 0 Å². The fourth-order valence-electron chi connectivity index (χ4n) is 3.26. The summed E-state index contributed by atoms with van der Waals surface area (Å²) >= 11 is 5.97. The number of hydrogen-bond donors (Lipinski definition) is 1. The van der Waals surface area contributed by atoms with Crippen LogP contribution in [0.4, 0.5) is 0 Å². The van der Waals surface area contributed by atoms with Crippen LogP contribution < -0.4 is 5.32 Å². The van der Waals surface area contributed by atoms with Gasteiger partial charge in [0.15, 0.2) is 0 Å². The Bertz CT molecular complexity index is 610. The average molecular weight is 350 g/mol.